The summed E-state index contributed by atoms with van der Waals surface area (Å²) >= 11 is 0. The zero-order valence-corrected chi connectivity index (χ0v) is 12.8. The maximum atomic E-state index is 12.2. The van der Waals surface area contributed by atoms with E-state index in [-0.39, 0.29) is 4.90 Å². The van der Waals surface area contributed by atoms with Crippen LogP contribution in [0.3, 0.4) is 0 Å². The zero-order chi connectivity index (χ0) is 15.3. The minimum Gasteiger partial charge on any atom is -0.385 e. The maximum Gasteiger partial charge on any atom is 0.241 e. The van der Waals surface area contributed by atoms with Gasteiger partial charge in [0, 0.05) is 12.2 Å². The van der Waals surface area contributed by atoms with E-state index in [1.165, 1.54) is 0 Å². The van der Waals surface area contributed by atoms with E-state index in [0.717, 1.165) is 18.7 Å². The molecule has 0 unspecified atom stereocenters. The molecule has 0 radical (unpaired) electrons. The number of amides is 1. The van der Waals surface area contributed by atoms with E-state index in [2.05, 4.69) is 17.0 Å². The number of nitrogens with two attached hydrogens (primary N) is 1. The zero-order valence-electron chi connectivity index (χ0n) is 12.0. The quantitative estimate of drug-likeness (QED) is 0.696. The number of hydrogen-bond donors (Lipinski definition) is 3. The van der Waals surface area contributed by atoms with Crippen molar-refractivity contribution in [3.63, 3.8) is 0 Å². The molecular formula is C13H21N3O3S. The van der Waals surface area contributed by atoms with Crippen molar-refractivity contribution in [2.75, 3.05) is 18.4 Å². The number of rotatable bonds is 7. The van der Waals surface area contributed by atoms with Crippen molar-refractivity contribution in [3.8, 4) is 0 Å². The summed E-state index contributed by atoms with van der Waals surface area (Å²) < 4.78 is 26.5. The molecule has 112 valence electrons. The van der Waals surface area contributed by atoms with E-state index in [9.17, 15) is 13.2 Å². The normalized spacial score (nSPS) is 11.3. The third kappa shape index (κ3) is 4.21. The highest BCUT2D eigenvalue weighted by Crippen LogP contribution is 2.24. The number of carbonyl (C=O) groups is 1. The van der Waals surface area contributed by atoms with Gasteiger partial charge in [-0.1, -0.05) is 6.92 Å². The predicted octanol–water partition coefficient (Wildman–Crippen LogP) is 0.889. The Balaban J connectivity index is 3.09. The van der Waals surface area contributed by atoms with Crippen LogP contribution in [0.5, 0.6) is 0 Å². The fourth-order valence-corrected chi connectivity index (χ4v) is 3.43. The molecule has 0 spiro atoms. The van der Waals surface area contributed by atoms with Crippen LogP contribution < -0.4 is 15.8 Å². The Morgan fingerprint density at radius 1 is 1.25 bits per heavy atom. The summed E-state index contributed by atoms with van der Waals surface area (Å²) in [4.78, 5) is 10.9. The van der Waals surface area contributed by atoms with Crippen LogP contribution in [0.4, 0.5) is 5.69 Å². The van der Waals surface area contributed by atoms with Crippen molar-refractivity contribution >= 4 is 21.6 Å². The van der Waals surface area contributed by atoms with Crippen molar-refractivity contribution in [3.05, 3.63) is 23.3 Å². The monoisotopic (exact) mass is 299 g/mol. The molecule has 0 atom stereocenters. The molecule has 1 rings (SSSR count). The van der Waals surface area contributed by atoms with Gasteiger partial charge in [-0.2, -0.15) is 0 Å². The first-order valence-electron chi connectivity index (χ1n) is 6.41. The number of nitrogens with one attached hydrogen (secondary N) is 2. The molecule has 0 aliphatic heterocycles. The standard InChI is InChI=1S/C13H21N3O3S/c1-4-5-15-11-6-9(2)13(10(3)7-11)20(18,19)16-8-12(14)17/h6-7,15-16H,4-5,8H2,1-3H3,(H2,14,17). The van der Waals surface area contributed by atoms with E-state index < -0.39 is 22.5 Å². The average Bonchev–Trinajstić information content (AvgIpc) is 2.33. The van der Waals surface area contributed by atoms with Gasteiger partial charge in [-0.15, -0.1) is 0 Å². The minimum atomic E-state index is -3.73. The summed E-state index contributed by atoms with van der Waals surface area (Å²) in [6.07, 6.45) is 0.984. The molecule has 1 amide bonds. The molecule has 6 nitrogen and oxygen atoms in total. The summed E-state index contributed by atoms with van der Waals surface area (Å²) in [6, 6.07) is 3.56. The van der Waals surface area contributed by atoms with Gasteiger partial charge in [-0.3, -0.25) is 4.79 Å². The van der Waals surface area contributed by atoms with Crippen LogP contribution in [-0.2, 0) is 14.8 Å². The first-order valence-corrected chi connectivity index (χ1v) is 7.89. The van der Waals surface area contributed by atoms with Gasteiger partial charge in [-0.25, -0.2) is 13.1 Å². The molecule has 4 N–H and O–H groups in total. The lowest BCUT2D eigenvalue weighted by Crippen LogP contribution is -2.34. The number of carbonyl (C=O) groups excluding carboxylic acids is 1. The molecule has 0 fully saturated rings. The van der Waals surface area contributed by atoms with E-state index in [1.807, 2.05) is 0 Å². The van der Waals surface area contributed by atoms with Gasteiger partial charge in [0.25, 0.3) is 0 Å². The van der Waals surface area contributed by atoms with Crippen LogP contribution in [0, 0.1) is 13.8 Å². The highest BCUT2D eigenvalue weighted by molar-refractivity contribution is 7.89. The van der Waals surface area contributed by atoms with Crippen molar-refractivity contribution in [1.82, 2.24) is 4.72 Å². The highest BCUT2D eigenvalue weighted by Gasteiger charge is 2.20. The van der Waals surface area contributed by atoms with Crippen molar-refractivity contribution < 1.29 is 13.2 Å². The highest BCUT2D eigenvalue weighted by atomic mass is 32.2. The molecule has 0 bridgehead atoms. The topological polar surface area (TPSA) is 101 Å². The lowest BCUT2D eigenvalue weighted by Gasteiger charge is -2.14. The van der Waals surface area contributed by atoms with Crippen LogP contribution in [0.25, 0.3) is 0 Å². The van der Waals surface area contributed by atoms with Crippen LogP contribution >= 0.6 is 0 Å². The maximum absolute atomic E-state index is 12.2. The second kappa shape index (κ2) is 6.71. The first-order chi connectivity index (χ1) is 9.27. The fourth-order valence-electron chi connectivity index (χ4n) is 1.98. The van der Waals surface area contributed by atoms with Crippen LogP contribution in [-0.4, -0.2) is 27.4 Å². The molecule has 0 aliphatic rings. The number of primary amides is 1. The van der Waals surface area contributed by atoms with Gasteiger partial charge in [0.05, 0.1) is 11.4 Å². The number of aryl methyl sites for hydroxylation is 2. The number of benzene rings is 1. The van der Waals surface area contributed by atoms with Crippen molar-refractivity contribution in [2.45, 2.75) is 32.1 Å². The average molecular weight is 299 g/mol. The van der Waals surface area contributed by atoms with E-state index >= 15 is 0 Å². The predicted molar refractivity (Wildman–Crippen MR) is 79.1 cm³/mol. The molecular weight excluding hydrogens is 278 g/mol. The van der Waals surface area contributed by atoms with E-state index in [4.69, 9.17) is 5.73 Å². The molecule has 1 aromatic rings. The summed E-state index contributed by atoms with van der Waals surface area (Å²) in [5.41, 5.74) is 7.09. The molecule has 0 heterocycles. The van der Waals surface area contributed by atoms with Gasteiger partial charge >= 0.3 is 0 Å². The molecule has 7 heteroatoms. The number of anilines is 1. The van der Waals surface area contributed by atoms with E-state index in [0.29, 0.717) is 11.1 Å². The Kier molecular flexibility index (Phi) is 5.52. The summed E-state index contributed by atoms with van der Waals surface area (Å²) in [6.45, 7) is 5.92. The second-order valence-electron chi connectivity index (χ2n) is 4.66. The Hall–Kier alpha value is -1.60. The molecule has 0 aromatic heterocycles. The van der Waals surface area contributed by atoms with Crippen LogP contribution in [0.1, 0.15) is 24.5 Å². The molecule has 0 saturated carbocycles. The Morgan fingerprint density at radius 3 is 2.25 bits per heavy atom. The Labute approximate surface area is 119 Å². The molecule has 20 heavy (non-hydrogen) atoms. The summed E-state index contributed by atoms with van der Waals surface area (Å²) in [5, 5.41) is 3.22. The van der Waals surface area contributed by atoms with Gasteiger partial charge < -0.3 is 11.1 Å². The van der Waals surface area contributed by atoms with Gasteiger partial charge in [0.1, 0.15) is 0 Å². The Morgan fingerprint density at radius 2 is 1.80 bits per heavy atom. The van der Waals surface area contributed by atoms with Crippen LogP contribution in [0.15, 0.2) is 17.0 Å². The van der Waals surface area contributed by atoms with Crippen LogP contribution in [0.2, 0.25) is 0 Å². The first kappa shape index (κ1) is 16.5. The molecule has 0 saturated heterocycles. The lowest BCUT2D eigenvalue weighted by molar-refractivity contribution is -0.116. The Bertz CT molecular complexity index is 574. The number of hydrogen-bond acceptors (Lipinski definition) is 4. The smallest absolute Gasteiger partial charge is 0.241 e. The molecule has 1 aromatic carbocycles. The largest absolute Gasteiger partial charge is 0.385 e. The molecule has 0 aliphatic carbocycles. The summed E-state index contributed by atoms with van der Waals surface area (Å²) in [5.74, 6) is -0.717. The van der Waals surface area contributed by atoms with Gasteiger partial charge in [0.2, 0.25) is 15.9 Å². The fraction of sp³-hybridized carbons (Fsp3) is 0.462. The third-order valence-electron chi connectivity index (χ3n) is 2.74. The van der Waals surface area contributed by atoms with Gasteiger partial charge in [0.15, 0.2) is 0 Å². The van der Waals surface area contributed by atoms with Crippen molar-refractivity contribution in [1.29, 1.82) is 0 Å². The third-order valence-corrected chi connectivity index (χ3v) is 4.45. The minimum absolute atomic E-state index is 0.195. The SMILES string of the molecule is CCCNc1cc(C)c(S(=O)(=O)NCC(N)=O)c(C)c1. The summed E-state index contributed by atoms with van der Waals surface area (Å²) in [7, 11) is -3.73. The van der Waals surface area contributed by atoms with E-state index in [1.54, 1.807) is 26.0 Å². The second-order valence-corrected chi connectivity index (χ2v) is 6.36. The van der Waals surface area contributed by atoms with Gasteiger partial charge in [-0.05, 0) is 43.5 Å². The number of sulfonamides is 1. The lowest BCUT2D eigenvalue weighted by atomic mass is 10.1. The van der Waals surface area contributed by atoms with Crippen molar-refractivity contribution in [2.24, 2.45) is 5.73 Å².